The Labute approximate surface area is 168 Å². The summed E-state index contributed by atoms with van der Waals surface area (Å²) in [5.41, 5.74) is 2.22. The highest BCUT2D eigenvalue weighted by Crippen LogP contribution is 2.29. The molecular formula is C22H22FN5O. The van der Waals surface area contributed by atoms with E-state index in [4.69, 9.17) is 9.97 Å². The van der Waals surface area contributed by atoms with Crippen molar-refractivity contribution in [2.75, 3.05) is 18.4 Å². The molecule has 3 aromatic rings. The molecule has 1 N–H and O–H groups in total. The number of halogens is 1. The van der Waals surface area contributed by atoms with Crippen LogP contribution in [0.1, 0.15) is 31.5 Å². The van der Waals surface area contributed by atoms with E-state index in [0.717, 1.165) is 30.6 Å². The number of nitrogens with zero attached hydrogens (tertiary/aromatic N) is 4. The van der Waals surface area contributed by atoms with Gasteiger partial charge in [0.15, 0.2) is 0 Å². The number of carbonyl (C=O) groups excluding carboxylic acids is 1. The third kappa shape index (κ3) is 4.56. The van der Waals surface area contributed by atoms with E-state index in [2.05, 4.69) is 10.3 Å². The van der Waals surface area contributed by atoms with Gasteiger partial charge in [-0.15, -0.1) is 0 Å². The molecule has 2 aromatic heterocycles. The second-order valence-corrected chi connectivity index (χ2v) is 7.18. The van der Waals surface area contributed by atoms with Crippen LogP contribution in [0.5, 0.6) is 0 Å². The molecule has 1 atom stereocenters. The van der Waals surface area contributed by atoms with Gasteiger partial charge in [-0.25, -0.2) is 14.4 Å². The molecule has 1 amide bonds. The van der Waals surface area contributed by atoms with Gasteiger partial charge in [0.2, 0.25) is 5.91 Å². The molecule has 0 bridgehead atoms. The Kier molecular flexibility index (Phi) is 5.46. The number of hydrogen-bond donors (Lipinski definition) is 1. The summed E-state index contributed by atoms with van der Waals surface area (Å²) < 4.78 is 13.6. The lowest BCUT2D eigenvalue weighted by molar-refractivity contribution is -0.130. The van der Waals surface area contributed by atoms with Crippen molar-refractivity contribution in [3.63, 3.8) is 0 Å². The maximum Gasteiger partial charge on any atom is 0.219 e. The SMILES string of the molecule is CC(=O)N1CCC[C@H](c2nc(Nc3cccc(F)c3)cc(-c3cccnc3)n2)C1. The molecular weight excluding hydrogens is 369 g/mol. The molecule has 1 aliphatic rings. The first-order valence-corrected chi connectivity index (χ1v) is 9.66. The van der Waals surface area contributed by atoms with Crippen molar-refractivity contribution < 1.29 is 9.18 Å². The van der Waals surface area contributed by atoms with Crippen LogP contribution < -0.4 is 5.32 Å². The van der Waals surface area contributed by atoms with Crippen molar-refractivity contribution in [1.29, 1.82) is 0 Å². The number of carbonyl (C=O) groups is 1. The normalized spacial score (nSPS) is 16.5. The average Bonchev–Trinajstić information content (AvgIpc) is 2.74. The van der Waals surface area contributed by atoms with Crippen molar-refractivity contribution in [3.8, 4) is 11.3 Å². The predicted octanol–water partition coefficient (Wildman–Crippen LogP) is 4.15. The zero-order valence-electron chi connectivity index (χ0n) is 16.2. The minimum atomic E-state index is -0.318. The number of aromatic nitrogens is 3. The quantitative estimate of drug-likeness (QED) is 0.724. The number of amides is 1. The van der Waals surface area contributed by atoms with E-state index in [-0.39, 0.29) is 17.6 Å². The zero-order valence-corrected chi connectivity index (χ0v) is 16.2. The summed E-state index contributed by atoms with van der Waals surface area (Å²) in [7, 11) is 0. The van der Waals surface area contributed by atoms with Crippen LogP contribution >= 0.6 is 0 Å². The van der Waals surface area contributed by atoms with Crippen molar-refractivity contribution in [2.45, 2.75) is 25.7 Å². The van der Waals surface area contributed by atoms with Gasteiger partial charge in [-0.3, -0.25) is 9.78 Å². The maximum atomic E-state index is 13.6. The molecule has 6 nitrogen and oxygen atoms in total. The standard InChI is InChI=1S/C22H22FN5O/c1-15(29)28-10-4-6-17(14-28)22-26-20(16-5-3-9-24-13-16)12-21(27-22)25-19-8-2-7-18(23)11-19/h2-3,5,7-9,11-13,17H,4,6,10,14H2,1H3,(H,25,26,27)/t17-/m0/s1. The lowest BCUT2D eigenvalue weighted by Gasteiger charge is -2.31. The molecule has 7 heteroatoms. The van der Waals surface area contributed by atoms with Gasteiger partial charge in [0.05, 0.1) is 5.69 Å². The van der Waals surface area contributed by atoms with Crippen LogP contribution in [-0.4, -0.2) is 38.8 Å². The fraction of sp³-hybridized carbons (Fsp3) is 0.273. The minimum Gasteiger partial charge on any atom is -0.342 e. The van der Waals surface area contributed by atoms with Crippen molar-refractivity contribution in [2.24, 2.45) is 0 Å². The number of likely N-dealkylation sites (tertiary alicyclic amines) is 1. The zero-order chi connectivity index (χ0) is 20.2. The van der Waals surface area contributed by atoms with Crippen LogP contribution in [0.2, 0.25) is 0 Å². The molecule has 148 valence electrons. The molecule has 0 radical (unpaired) electrons. The number of pyridine rings is 1. The van der Waals surface area contributed by atoms with Gasteiger partial charge < -0.3 is 10.2 Å². The lowest BCUT2D eigenvalue weighted by Crippen LogP contribution is -2.38. The fourth-order valence-corrected chi connectivity index (χ4v) is 3.56. The van der Waals surface area contributed by atoms with E-state index in [0.29, 0.717) is 23.9 Å². The Balaban J connectivity index is 1.71. The molecule has 0 spiro atoms. The second kappa shape index (κ2) is 8.34. The van der Waals surface area contributed by atoms with E-state index in [1.165, 1.54) is 12.1 Å². The monoisotopic (exact) mass is 391 g/mol. The fourth-order valence-electron chi connectivity index (χ4n) is 3.56. The highest BCUT2D eigenvalue weighted by atomic mass is 19.1. The van der Waals surface area contributed by atoms with Gasteiger partial charge in [-0.2, -0.15) is 0 Å². The Morgan fingerprint density at radius 1 is 1.21 bits per heavy atom. The van der Waals surface area contributed by atoms with Gasteiger partial charge in [0.25, 0.3) is 0 Å². The molecule has 29 heavy (non-hydrogen) atoms. The summed E-state index contributed by atoms with van der Waals surface area (Å²) >= 11 is 0. The molecule has 0 unspecified atom stereocenters. The first kappa shape index (κ1) is 19.0. The van der Waals surface area contributed by atoms with Crippen LogP contribution in [-0.2, 0) is 4.79 Å². The first-order valence-electron chi connectivity index (χ1n) is 9.66. The van der Waals surface area contributed by atoms with E-state index in [1.807, 2.05) is 23.1 Å². The number of rotatable bonds is 4. The minimum absolute atomic E-state index is 0.0531. The molecule has 3 heterocycles. The molecule has 0 aliphatic carbocycles. The van der Waals surface area contributed by atoms with Crippen LogP contribution in [0.15, 0.2) is 54.9 Å². The van der Waals surface area contributed by atoms with Crippen molar-refractivity contribution in [1.82, 2.24) is 19.9 Å². The highest BCUT2D eigenvalue weighted by Gasteiger charge is 2.25. The molecule has 1 saturated heterocycles. The summed E-state index contributed by atoms with van der Waals surface area (Å²) in [4.78, 5) is 27.3. The Morgan fingerprint density at radius 2 is 2.10 bits per heavy atom. The molecule has 0 saturated carbocycles. The Morgan fingerprint density at radius 3 is 2.86 bits per heavy atom. The Hall–Kier alpha value is -3.35. The number of hydrogen-bond acceptors (Lipinski definition) is 5. The summed E-state index contributed by atoms with van der Waals surface area (Å²) in [6, 6.07) is 11.9. The van der Waals surface area contributed by atoms with Crippen LogP contribution in [0.3, 0.4) is 0 Å². The number of benzene rings is 1. The van der Waals surface area contributed by atoms with Crippen LogP contribution in [0, 0.1) is 5.82 Å². The van der Waals surface area contributed by atoms with Gasteiger partial charge >= 0.3 is 0 Å². The number of nitrogens with one attached hydrogen (secondary N) is 1. The van der Waals surface area contributed by atoms with Crippen LogP contribution in [0.25, 0.3) is 11.3 Å². The average molecular weight is 391 g/mol. The van der Waals surface area contributed by atoms with Gasteiger partial charge in [-0.1, -0.05) is 6.07 Å². The summed E-state index contributed by atoms with van der Waals surface area (Å²) in [6.07, 6.45) is 5.29. The second-order valence-electron chi connectivity index (χ2n) is 7.18. The molecule has 4 rings (SSSR count). The van der Waals surface area contributed by atoms with Gasteiger partial charge in [0, 0.05) is 55.6 Å². The van der Waals surface area contributed by atoms with Crippen molar-refractivity contribution in [3.05, 3.63) is 66.5 Å². The van der Waals surface area contributed by atoms with E-state index < -0.39 is 0 Å². The summed E-state index contributed by atoms with van der Waals surface area (Å²) in [6.45, 7) is 2.96. The predicted molar refractivity (Wildman–Crippen MR) is 109 cm³/mol. The summed E-state index contributed by atoms with van der Waals surface area (Å²) in [5, 5.41) is 3.18. The molecule has 1 aromatic carbocycles. The van der Waals surface area contributed by atoms with Crippen molar-refractivity contribution >= 4 is 17.4 Å². The molecule has 1 aliphatic heterocycles. The van der Waals surface area contributed by atoms with Crippen LogP contribution in [0.4, 0.5) is 15.9 Å². The third-order valence-electron chi connectivity index (χ3n) is 5.03. The largest absolute Gasteiger partial charge is 0.342 e. The highest BCUT2D eigenvalue weighted by molar-refractivity contribution is 5.73. The topological polar surface area (TPSA) is 71.0 Å². The van der Waals surface area contributed by atoms with E-state index >= 15 is 0 Å². The Bertz CT molecular complexity index is 1010. The summed E-state index contributed by atoms with van der Waals surface area (Å²) in [5.74, 6) is 1.06. The van der Waals surface area contributed by atoms with E-state index in [1.54, 1.807) is 31.5 Å². The molecule has 1 fully saturated rings. The maximum absolute atomic E-state index is 13.6. The first-order chi connectivity index (χ1) is 14.1. The number of piperidine rings is 1. The third-order valence-corrected chi connectivity index (χ3v) is 5.03. The number of anilines is 2. The smallest absolute Gasteiger partial charge is 0.219 e. The lowest BCUT2D eigenvalue weighted by atomic mass is 9.97. The van der Waals surface area contributed by atoms with Gasteiger partial charge in [0.1, 0.15) is 17.5 Å². The van der Waals surface area contributed by atoms with Gasteiger partial charge in [-0.05, 0) is 43.2 Å². The van der Waals surface area contributed by atoms with E-state index in [9.17, 15) is 9.18 Å².